The van der Waals surface area contributed by atoms with E-state index in [-0.39, 0.29) is 5.91 Å². The van der Waals surface area contributed by atoms with Crippen LogP contribution in [0.5, 0.6) is 0 Å². The molecular formula is C17H27N3O3S2. The summed E-state index contributed by atoms with van der Waals surface area (Å²) in [5.74, 6) is 0.175. The van der Waals surface area contributed by atoms with E-state index >= 15 is 0 Å². The van der Waals surface area contributed by atoms with Gasteiger partial charge in [-0.3, -0.25) is 9.69 Å². The maximum atomic E-state index is 12.7. The molecule has 2 fully saturated rings. The number of sulfonamides is 1. The van der Waals surface area contributed by atoms with Gasteiger partial charge in [0.15, 0.2) is 0 Å². The van der Waals surface area contributed by atoms with Gasteiger partial charge in [0.05, 0.1) is 6.54 Å². The smallest absolute Gasteiger partial charge is 0.252 e. The largest absolute Gasteiger partial charge is 0.336 e. The average Bonchev–Trinajstić information content (AvgIpc) is 3.10. The molecular weight excluding hydrogens is 358 g/mol. The number of likely N-dealkylation sites (tertiary alicyclic amines) is 1. The second kappa shape index (κ2) is 7.73. The van der Waals surface area contributed by atoms with Gasteiger partial charge in [0.25, 0.3) is 10.0 Å². The fourth-order valence-electron chi connectivity index (χ4n) is 3.85. The number of piperazine rings is 1. The second-order valence-corrected chi connectivity index (χ2v) is 10.2. The van der Waals surface area contributed by atoms with Gasteiger partial charge >= 0.3 is 0 Å². The topological polar surface area (TPSA) is 60.9 Å². The van der Waals surface area contributed by atoms with Crippen molar-refractivity contribution in [2.75, 3.05) is 32.7 Å². The number of rotatable bonds is 4. The van der Waals surface area contributed by atoms with Gasteiger partial charge in [-0.1, -0.05) is 6.07 Å². The summed E-state index contributed by atoms with van der Waals surface area (Å²) in [6, 6.07) is 4.01. The number of thiophene rings is 1. The molecule has 1 aromatic heterocycles. The maximum Gasteiger partial charge on any atom is 0.252 e. The van der Waals surface area contributed by atoms with E-state index < -0.39 is 10.0 Å². The van der Waals surface area contributed by atoms with Crippen LogP contribution in [0.25, 0.3) is 0 Å². The third-order valence-electron chi connectivity index (χ3n) is 5.26. The summed E-state index contributed by atoms with van der Waals surface area (Å²) in [5.41, 5.74) is 0. The van der Waals surface area contributed by atoms with Gasteiger partial charge in [-0.15, -0.1) is 11.3 Å². The van der Waals surface area contributed by atoms with Crippen molar-refractivity contribution >= 4 is 27.3 Å². The molecule has 0 aliphatic carbocycles. The molecule has 0 unspecified atom stereocenters. The molecule has 0 N–H and O–H groups in total. The highest BCUT2D eigenvalue weighted by molar-refractivity contribution is 7.91. The zero-order valence-corrected chi connectivity index (χ0v) is 16.6. The van der Waals surface area contributed by atoms with Crippen molar-refractivity contribution in [1.29, 1.82) is 0 Å². The Hall–Kier alpha value is -0.960. The lowest BCUT2D eigenvalue weighted by Gasteiger charge is -2.41. The molecule has 0 radical (unpaired) electrons. The molecule has 25 heavy (non-hydrogen) atoms. The standard InChI is InChI=1S/C17H27N3O3S2/c1-14-5-3-6-15(2)20(14)16(21)13-18-8-10-19(11-9-18)25(22,23)17-7-4-12-24-17/h4,7,12,14-15H,3,5-6,8-11,13H2,1-2H3/t14-,15-/m1/s1. The molecule has 0 spiro atoms. The van der Waals surface area contributed by atoms with E-state index in [0.29, 0.717) is 49.0 Å². The predicted octanol–water partition coefficient (Wildman–Crippen LogP) is 1.84. The van der Waals surface area contributed by atoms with Crippen LogP contribution in [0.4, 0.5) is 0 Å². The number of hydrogen-bond acceptors (Lipinski definition) is 5. The highest BCUT2D eigenvalue weighted by Crippen LogP contribution is 2.24. The van der Waals surface area contributed by atoms with Gasteiger partial charge in [0.1, 0.15) is 4.21 Å². The van der Waals surface area contributed by atoms with Gasteiger partial charge in [-0.05, 0) is 44.6 Å². The van der Waals surface area contributed by atoms with Crippen LogP contribution in [-0.2, 0) is 14.8 Å². The van der Waals surface area contributed by atoms with Crippen LogP contribution in [0.15, 0.2) is 21.7 Å². The summed E-state index contributed by atoms with van der Waals surface area (Å²) in [4.78, 5) is 16.8. The van der Waals surface area contributed by atoms with E-state index in [9.17, 15) is 13.2 Å². The lowest BCUT2D eigenvalue weighted by Crippen LogP contribution is -2.54. The average molecular weight is 386 g/mol. The first-order valence-electron chi connectivity index (χ1n) is 8.97. The van der Waals surface area contributed by atoms with E-state index in [1.807, 2.05) is 4.90 Å². The summed E-state index contributed by atoms with van der Waals surface area (Å²) in [6.07, 6.45) is 3.33. The number of nitrogens with zero attached hydrogens (tertiary/aromatic N) is 3. The zero-order chi connectivity index (χ0) is 18.0. The summed E-state index contributed by atoms with van der Waals surface area (Å²) in [5, 5.41) is 1.78. The number of carbonyl (C=O) groups excluding carboxylic acids is 1. The molecule has 1 amide bonds. The monoisotopic (exact) mass is 385 g/mol. The minimum atomic E-state index is -3.38. The predicted molar refractivity (Wildman–Crippen MR) is 99.1 cm³/mol. The molecule has 1 aromatic rings. The fourth-order valence-corrected chi connectivity index (χ4v) is 6.42. The van der Waals surface area contributed by atoms with Crippen molar-refractivity contribution in [3.8, 4) is 0 Å². The summed E-state index contributed by atoms with van der Waals surface area (Å²) < 4.78 is 27.0. The van der Waals surface area contributed by atoms with Crippen LogP contribution in [-0.4, -0.2) is 73.2 Å². The molecule has 0 aromatic carbocycles. The summed E-state index contributed by atoms with van der Waals surface area (Å²) in [7, 11) is -3.38. The van der Waals surface area contributed by atoms with Gasteiger partial charge in [0.2, 0.25) is 5.91 Å². The lowest BCUT2D eigenvalue weighted by molar-refractivity contribution is -0.138. The molecule has 6 nitrogen and oxygen atoms in total. The quantitative estimate of drug-likeness (QED) is 0.794. The van der Waals surface area contributed by atoms with Gasteiger partial charge in [-0.25, -0.2) is 8.42 Å². The fraction of sp³-hybridized carbons (Fsp3) is 0.706. The Kier molecular flexibility index (Phi) is 5.82. The second-order valence-electron chi connectivity index (χ2n) is 7.04. The summed E-state index contributed by atoms with van der Waals surface area (Å²) >= 11 is 1.25. The van der Waals surface area contributed by atoms with Crippen LogP contribution < -0.4 is 0 Å². The molecule has 2 atom stereocenters. The number of carbonyl (C=O) groups is 1. The van der Waals surface area contributed by atoms with Crippen molar-refractivity contribution in [3.63, 3.8) is 0 Å². The van der Waals surface area contributed by atoms with Crippen LogP contribution in [0.1, 0.15) is 33.1 Å². The van der Waals surface area contributed by atoms with E-state index in [0.717, 1.165) is 12.8 Å². The van der Waals surface area contributed by atoms with E-state index in [4.69, 9.17) is 0 Å². The van der Waals surface area contributed by atoms with Crippen molar-refractivity contribution in [2.45, 2.75) is 49.4 Å². The maximum absolute atomic E-state index is 12.7. The number of hydrogen-bond donors (Lipinski definition) is 0. The molecule has 2 aliphatic heterocycles. The Balaban J connectivity index is 1.55. The van der Waals surface area contributed by atoms with Crippen LogP contribution in [0.3, 0.4) is 0 Å². The lowest BCUT2D eigenvalue weighted by atomic mass is 9.97. The van der Waals surface area contributed by atoms with Crippen molar-refractivity contribution < 1.29 is 13.2 Å². The Morgan fingerprint density at radius 1 is 1.16 bits per heavy atom. The molecule has 3 heterocycles. The normalized spacial score (nSPS) is 26.7. The molecule has 2 aliphatic rings. The Morgan fingerprint density at radius 2 is 1.80 bits per heavy atom. The van der Waals surface area contributed by atoms with Gasteiger partial charge in [-0.2, -0.15) is 4.31 Å². The molecule has 0 saturated carbocycles. The Labute approximate surface area is 154 Å². The Morgan fingerprint density at radius 3 is 2.36 bits per heavy atom. The third kappa shape index (κ3) is 4.07. The van der Waals surface area contributed by atoms with Gasteiger partial charge in [0, 0.05) is 38.3 Å². The highest BCUT2D eigenvalue weighted by Gasteiger charge is 2.33. The van der Waals surface area contributed by atoms with E-state index in [2.05, 4.69) is 18.7 Å². The first-order valence-corrected chi connectivity index (χ1v) is 11.3. The minimum absolute atomic E-state index is 0.175. The molecule has 3 rings (SSSR count). The number of piperidine rings is 1. The molecule has 8 heteroatoms. The molecule has 2 saturated heterocycles. The van der Waals surface area contributed by atoms with Crippen LogP contribution in [0.2, 0.25) is 0 Å². The molecule has 140 valence electrons. The van der Waals surface area contributed by atoms with Crippen molar-refractivity contribution in [2.24, 2.45) is 0 Å². The zero-order valence-electron chi connectivity index (χ0n) is 14.9. The third-order valence-corrected chi connectivity index (χ3v) is 8.53. The minimum Gasteiger partial charge on any atom is -0.336 e. The van der Waals surface area contributed by atoms with Crippen LogP contribution in [0, 0.1) is 0 Å². The van der Waals surface area contributed by atoms with E-state index in [1.165, 1.54) is 22.1 Å². The highest BCUT2D eigenvalue weighted by atomic mass is 32.2. The summed E-state index contributed by atoms with van der Waals surface area (Å²) in [6.45, 7) is 6.73. The van der Waals surface area contributed by atoms with Gasteiger partial charge < -0.3 is 4.90 Å². The van der Waals surface area contributed by atoms with E-state index in [1.54, 1.807) is 17.5 Å². The SMILES string of the molecule is C[C@@H]1CCC[C@@H](C)N1C(=O)CN1CCN(S(=O)(=O)c2cccs2)CC1. The van der Waals surface area contributed by atoms with Crippen molar-refractivity contribution in [1.82, 2.24) is 14.1 Å². The first kappa shape index (κ1) is 18.8. The first-order chi connectivity index (χ1) is 11.9. The number of amides is 1. The Bertz CT molecular complexity index is 672. The molecule has 0 bridgehead atoms. The van der Waals surface area contributed by atoms with Crippen LogP contribution >= 0.6 is 11.3 Å². The van der Waals surface area contributed by atoms with Crippen molar-refractivity contribution in [3.05, 3.63) is 17.5 Å².